The molecule has 2 N–H and O–H groups in total. The highest BCUT2D eigenvalue weighted by Gasteiger charge is 2.32. The minimum atomic E-state index is -0.549. The molecule has 0 aliphatic heterocycles. The number of anilines is 1. The van der Waals surface area contributed by atoms with E-state index < -0.39 is 5.60 Å². The largest absolute Gasteiger partial charge is 0.392 e. The van der Waals surface area contributed by atoms with Gasteiger partial charge in [0.15, 0.2) is 0 Å². The molecule has 100 valence electrons. The van der Waals surface area contributed by atoms with Gasteiger partial charge in [0.05, 0.1) is 12.2 Å². The molecule has 3 nitrogen and oxygen atoms in total. The zero-order chi connectivity index (χ0) is 13.2. The Bertz CT molecular complexity index is 411. The highest BCUT2D eigenvalue weighted by molar-refractivity contribution is 5.54. The number of benzene rings is 1. The summed E-state index contributed by atoms with van der Waals surface area (Å²) in [7, 11) is 1.99. The molecule has 0 atom stereocenters. The molecule has 1 aromatic rings. The van der Waals surface area contributed by atoms with Crippen molar-refractivity contribution in [2.75, 3.05) is 18.5 Å². The van der Waals surface area contributed by atoms with E-state index in [2.05, 4.69) is 4.90 Å². The number of aliphatic hydroxyl groups excluding tert-OH is 1. The van der Waals surface area contributed by atoms with E-state index in [1.165, 1.54) is 0 Å². The highest BCUT2D eigenvalue weighted by atomic mass is 16.3. The van der Waals surface area contributed by atoms with Crippen LogP contribution in [0.5, 0.6) is 0 Å². The molecule has 0 radical (unpaired) electrons. The monoisotopic (exact) mass is 249 g/mol. The molecular formula is C15H23NO2. The smallest absolute Gasteiger partial charge is 0.0821 e. The summed E-state index contributed by atoms with van der Waals surface area (Å²) in [4.78, 5) is 2.07. The predicted molar refractivity (Wildman–Crippen MR) is 73.8 cm³/mol. The van der Waals surface area contributed by atoms with Gasteiger partial charge in [0.2, 0.25) is 0 Å². The maximum absolute atomic E-state index is 10.4. The van der Waals surface area contributed by atoms with Crippen LogP contribution in [-0.4, -0.2) is 29.4 Å². The van der Waals surface area contributed by atoms with Crippen LogP contribution >= 0.6 is 0 Å². The molecule has 1 saturated carbocycles. The average Bonchev–Trinajstić information content (AvgIpc) is 2.75. The summed E-state index contributed by atoms with van der Waals surface area (Å²) in [6, 6.07) is 6.08. The Morgan fingerprint density at radius 2 is 1.94 bits per heavy atom. The first-order valence-corrected chi connectivity index (χ1v) is 6.68. The third-order valence-corrected chi connectivity index (χ3v) is 3.88. The summed E-state index contributed by atoms with van der Waals surface area (Å²) in [6.07, 6.45) is 4.01. The Hall–Kier alpha value is -1.06. The lowest BCUT2D eigenvalue weighted by Gasteiger charge is -2.31. The first-order valence-electron chi connectivity index (χ1n) is 6.68. The van der Waals surface area contributed by atoms with Gasteiger partial charge in [-0.1, -0.05) is 30.5 Å². The fourth-order valence-electron chi connectivity index (χ4n) is 2.93. The van der Waals surface area contributed by atoms with Crippen molar-refractivity contribution in [3.8, 4) is 0 Å². The van der Waals surface area contributed by atoms with Crippen molar-refractivity contribution < 1.29 is 10.2 Å². The van der Waals surface area contributed by atoms with E-state index in [-0.39, 0.29) is 6.61 Å². The molecule has 0 heterocycles. The van der Waals surface area contributed by atoms with Crippen LogP contribution < -0.4 is 4.90 Å². The zero-order valence-corrected chi connectivity index (χ0v) is 11.3. The minimum absolute atomic E-state index is 0.0415. The van der Waals surface area contributed by atoms with Crippen molar-refractivity contribution in [3.63, 3.8) is 0 Å². The van der Waals surface area contributed by atoms with Crippen molar-refractivity contribution in [3.05, 3.63) is 29.3 Å². The lowest BCUT2D eigenvalue weighted by molar-refractivity contribution is 0.0558. The predicted octanol–water partition coefficient (Wildman–Crippen LogP) is 2.23. The summed E-state index contributed by atoms with van der Waals surface area (Å²) in [6.45, 7) is 2.70. The Labute approximate surface area is 109 Å². The minimum Gasteiger partial charge on any atom is -0.392 e. The Kier molecular flexibility index (Phi) is 3.93. The van der Waals surface area contributed by atoms with Crippen molar-refractivity contribution in [2.45, 2.75) is 44.8 Å². The van der Waals surface area contributed by atoms with Gasteiger partial charge in [-0.3, -0.25) is 0 Å². The van der Waals surface area contributed by atoms with E-state index >= 15 is 0 Å². The van der Waals surface area contributed by atoms with Crippen LogP contribution in [0.3, 0.4) is 0 Å². The van der Waals surface area contributed by atoms with Crippen molar-refractivity contribution in [1.29, 1.82) is 0 Å². The van der Waals surface area contributed by atoms with E-state index in [1.54, 1.807) is 0 Å². The van der Waals surface area contributed by atoms with Gasteiger partial charge in [-0.15, -0.1) is 0 Å². The van der Waals surface area contributed by atoms with Crippen LogP contribution in [0.2, 0.25) is 0 Å². The first kappa shape index (κ1) is 13.4. The number of hydrogen-bond acceptors (Lipinski definition) is 3. The molecule has 0 spiro atoms. The topological polar surface area (TPSA) is 43.7 Å². The molecule has 0 aromatic heterocycles. The van der Waals surface area contributed by atoms with Crippen molar-refractivity contribution in [2.24, 2.45) is 0 Å². The summed E-state index contributed by atoms with van der Waals surface area (Å²) in [5, 5.41) is 19.9. The molecule has 1 fully saturated rings. The van der Waals surface area contributed by atoms with Gasteiger partial charge in [-0.2, -0.15) is 0 Å². The van der Waals surface area contributed by atoms with Crippen LogP contribution in [0.25, 0.3) is 0 Å². The molecule has 3 heteroatoms. The maximum atomic E-state index is 10.4. The number of likely N-dealkylation sites (N-methyl/N-ethyl adjacent to an activating group) is 1. The molecule has 1 aliphatic rings. The Morgan fingerprint density at radius 1 is 1.28 bits per heavy atom. The van der Waals surface area contributed by atoms with Gasteiger partial charge in [0.1, 0.15) is 0 Å². The summed E-state index contributed by atoms with van der Waals surface area (Å²) in [5.41, 5.74) is 2.55. The number of aliphatic hydroxyl groups is 2. The molecule has 18 heavy (non-hydrogen) atoms. The van der Waals surface area contributed by atoms with E-state index in [4.69, 9.17) is 0 Å². The maximum Gasteiger partial charge on any atom is 0.0821 e. The third-order valence-electron chi connectivity index (χ3n) is 3.88. The SMILES string of the molecule is Cc1ccc(N(C)CC2(O)CCCC2)c(CO)c1. The van der Waals surface area contributed by atoms with Crippen LogP contribution in [0, 0.1) is 6.92 Å². The number of aryl methyl sites for hydroxylation is 1. The molecule has 0 unspecified atom stereocenters. The van der Waals surface area contributed by atoms with Gasteiger partial charge in [-0.25, -0.2) is 0 Å². The van der Waals surface area contributed by atoms with E-state index in [9.17, 15) is 10.2 Å². The lowest BCUT2D eigenvalue weighted by atomic mass is 10.0. The number of rotatable bonds is 4. The molecule has 1 aromatic carbocycles. The second-order valence-corrected chi connectivity index (χ2v) is 5.58. The number of nitrogens with zero attached hydrogens (tertiary/aromatic N) is 1. The first-order chi connectivity index (χ1) is 8.54. The summed E-state index contributed by atoms with van der Waals surface area (Å²) in [5.74, 6) is 0. The van der Waals surface area contributed by atoms with Gasteiger partial charge in [0, 0.05) is 24.8 Å². The van der Waals surface area contributed by atoms with Gasteiger partial charge in [0.25, 0.3) is 0 Å². The second kappa shape index (κ2) is 5.29. The molecule has 0 amide bonds. The molecule has 0 saturated heterocycles. The van der Waals surface area contributed by atoms with Crippen LogP contribution in [0.1, 0.15) is 36.8 Å². The Morgan fingerprint density at radius 3 is 2.56 bits per heavy atom. The Balaban J connectivity index is 2.15. The van der Waals surface area contributed by atoms with Gasteiger partial charge >= 0.3 is 0 Å². The highest BCUT2D eigenvalue weighted by Crippen LogP contribution is 2.32. The number of hydrogen-bond donors (Lipinski definition) is 2. The van der Waals surface area contributed by atoms with Gasteiger partial charge < -0.3 is 15.1 Å². The van der Waals surface area contributed by atoms with E-state index in [0.717, 1.165) is 42.5 Å². The summed E-state index contributed by atoms with van der Waals surface area (Å²) >= 11 is 0. The molecule has 0 bridgehead atoms. The van der Waals surface area contributed by atoms with Crippen LogP contribution in [-0.2, 0) is 6.61 Å². The quantitative estimate of drug-likeness (QED) is 0.860. The molecule has 1 aliphatic carbocycles. The zero-order valence-electron chi connectivity index (χ0n) is 11.3. The van der Waals surface area contributed by atoms with Crippen LogP contribution in [0.4, 0.5) is 5.69 Å². The van der Waals surface area contributed by atoms with E-state index in [0.29, 0.717) is 6.54 Å². The average molecular weight is 249 g/mol. The summed E-state index contributed by atoms with van der Waals surface area (Å²) < 4.78 is 0. The fraction of sp³-hybridized carbons (Fsp3) is 0.600. The molecular weight excluding hydrogens is 226 g/mol. The lowest BCUT2D eigenvalue weighted by Crippen LogP contribution is -2.39. The fourth-order valence-corrected chi connectivity index (χ4v) is 2.93. The standard InChI is InChI=1S/C15H23NO2/c1-12-5-6-14(13(9-12)10-17)16(2)11-15(18)7-3-4-8-15/h5-6,9,17-18H,3-4,7-8,10-11H2,1-2H3. The second-order valence-electron chi connectivity index (χ2n) is 5.58. The van der Waals surface area contributed by atoms with Crippen molar-refractivity contribution in [1.82, 2.24) is 0 Å². The van der Waals surface area contributed by atoms with E-state index in [1.807, 2.05) is 32.2 Å². The third kappa shape index (κ3) is 2.85. The molecule has 2 rings (SSSR count). The van der Waals surface area contributed by atoms with Crippen LogP contribution in [0.15, 0.2) is 18.2 Å². The van der Waals surface area contributed by atoms with Crippen molar-refractivity contribution >= 4 is 5.69 Å². The van der Waals surface area contributed by atoms with Gasteiger partial charge in [-0.05, 0) is 25.8 Å². The normalized spacial score (nSPS) is 18.0.